The third-order valence-corrected chi connectivity index (χ3v) is 6.58. The maximum atomic E-state index is 12.5. The van der Waals surface area contributed by atoms with Crippen molar-refractivity contribution in [2.45, 2.75) is 26.1 Å². The lowest BCUT2D eigenvalue weighted by Crippen LogP contribution is -2.08. The van der Waals surface area contributed by atoms with Crippen molar-refractivity contribution in [3.05, 3.63) is 82.9 Å². The number of methoxy groups -OCH3 is 2. The van der Waals surface area contributed by atoms with Crippen LogP contribution in [0.2, 0.25) is 0 Å². The molecule has 0 fully saturated rings. The molecule has 0 aliphatic heterocycles. The van der Waals surface area contributed by atoms with E-state index in [9.17, 15) is 9.59 Å². The summed E-state index contributed by atoms with van der Waals surface area (Å²) < 4.78 is 21.9. The molecule has 0 spiro atoms. The summed E-state index contributed by atoms with van der Waals surface area (Å²) in [4.78, 5) is 44.1. The Morgan fingerprint density at radius 1 is 0.595 bits per heavy atom. The van der Waals surface area contributed by atoms with Gasteiger partial charge in [0.15, 0.2) is 0 Å². The van der Waals surface area contributed by atoms with Gasteiger partial charge in [0.05, 0.1) is 47.2 Å². The lowest BCUT2D eigenvalue weighted by atomic mass is 10.0. The summed E-state index contributed by atoms with van der Waals surface area (Å²) in [6.45, 7) is 1.38. The first-order chi connectivity index (χ1) is 20.5. The highest BCUT2D eigenvalue weighted by Gasteiger charge is 2.16. The first-order valence-corrected chi connectivity index (χ1v) is 13.3. The number of esters is 2. The van der Waals surface area contributed by atoms with Crippen LogP contribution in [0.5, 0.6) is 11.5 Å². The zero-order chi connectivity index (χ0) is 29.9. The lowest BCUT2D eigenvalue weighted by Gasteiger charge is -2.14. The van der Waals surface area contributed by atoms with E-state index in [2.05, 4.69) is 0 Å². The third-order valence-electron chi connectivity index (χ3n) is 6.58. The van der Waals surface area contributed by atoms with Crippen molar-refractivity contribution in [2.24, 2.45) is 0 Å². The van der Waals surface area contributed by atoms with Gasteiger partial charge in [0.2, 0.25) is 0 Å². The molecule has 0 bridgehead atoms. The van der Waals surface area contributed by atoms with Gasteiger partial charge < -0.3 is 18.9 Å². The maximum Gasteiger partial charge on any atom is 0.341 e. The van der Waals surface area contributed by atoms with Crippen LogP contribution in [0.15, 0.2) is 60.7 Å². The molecular weight excluding hydrogens is 544 g/mol. The molecule has 4 rings (SSSR count). The van der Waals surface area contributed by atoms with Gasteiger partial charge in [-0.15, -0.1) is 0 Å². The van der Waals surface area contributed by atoms with Crippen molar-refractivity contribution < 1.29 is 48.1 Å². The molecule has 0 aromatic heterocycles. The van der Waals surface area contributed by atoms with Crippen LogP contribution in [0.3, 0.4) is 0 Å². The van der Waals surface area contributed by atoms with Gasteiger partial charge in [-0.2, -0.15) is 0 Å². The fourth-order valence-corrected chi connectivity index (χ4v) is 4.44. The number of unbranched alkanes of at least 4 members (excludes halogenated alkanes) is 1. The molecule has 42 heavy (non-hydrogen) atoms. The van der Waals surface area contributed by atoms with Crippen LogP contribution in [-0.2, 0) is 42.2 Å². The minimum atomic E-state index is -0.529. The Balaban J connectivity index is 1.39. The molecule has 4 aromatic rings. The predicted octanol–water partition coefficient (Wildman–Crippen LogP) is 5.96. The Hall–Kier alpha value is -4.22. The summed E-state index contributed by atoms with van der Waals surface area (Å²) in [5, 5.41) is 3.54. The highest BCUT2D eigenvalue weighted by Crippen LogP contribution is 2.30. The second-order valence-electron chi connectivity index (χ2n) is 9.30. The fraction of sp³-hybridized carbons (Fsp3) is 0.312. The minimum Gasteiger partial charge on any atom is -0.493 e. The van der Waals surface area contributed by atoms with Crippen LogP contribution >= 0.6 is 0 Å². The van der Waals surface area contributed by atoms with E-state index in [4.69, 9.17) is 38.5 Å². The normalized spacial score (nSPS) is 11.0. The van der Waals surface area contributed by atoms with Gasteiger partial charge in [-0.3, -0.25) is 0 Å². The smallest absolute Gasteiger partial charge is 0.341 e. The Morgan fingerprint density at radius 3 is 1.90 bits per heavy atom. The zero-order valence-corrected chi connectivity index (χ0v) is 24.1. The molecule has 0 radical (unpaired) electrons. The monoisotopic (exact) mass is 578 g/mol. The summed E-state index contributed by atoms with van der Waals surface area (Å²) in [6.07, 6.45) is 1.39. The average Bonchev–Trinajstić information content (AvgIpc) is 3.02. The second kappa shape index (κ2) is 15.1. The number of hydrogen-bond donors (Lipinski definition) is 0. The number of benzene rings is 4. The van der Waals surface area contributed by atoms with Crippen molar-refractivity contribution in [1.29, 1.82) is 0 Å². The predicted molar refractivity (Wildman–Crippen MR) is 154 cm³/mol. The van der Waals surface area contributed by atoms with Crippen LogP contribution in [0.4, 0.5) is 0 Å². The number of carbonyl (C=O) groups excluding carboxylic acids is 2. The molecule has 222 valence electrons. The molecule has 0 atom stereocenters. The van der Waals surface area contributed by atoms with Gasteiger partial charge in [0.1, 0.15) is 30.3 Å². The molecule has 0 saturated heterocycles. The molecule has 0 amide bonds. The number of rotatable bonds is 15. The topological polar surface area (TPSA) is 108 Å². The van der Waals surface area contributed by atoms with E-state index in [1.807, 2.05) is 30.3 Å². The van der Waals surface area contributed by atoms with Crippen LogP contribution < -0.4 is 9.47 Å². The summed E-state index contributed by atoms with van der Waals surface area (Å²) in [7, 11) is 5.57. The standard InChI is InChI=1S/C32H34O10/c1-35-31(33)24-10-9-23-18-30(28(32(34)36-2)16-26(23)14-24)40-12-6-5-11-39-29-17-22-8-7-21(19-41-37-3)13-25(22)15-27(29)20-42-38-4/h7-10,13-18H,5-6,11-12,19-20H2,1-4H3. The van der Waals surface area contributed by atoms with Crippen LogP contribution in [0.1, 0.15) is 44.7 Å². The molecule has 10 nitrogen and oxygen atoms in total. The largest absolute Gasteiger partial charge is 0.493 e. The Bertz CT molecular complexity index is 1530. The lowest BCUT2D eigenvalue weighted by molar-refractivity contribution is -0.282. The quantitative estimate of drug-likeness (QED) is 0.0726. The maximum absolute atomic E-state index is 12.5. The molecular formula is C32H34O10. The van der Waals surface area contributed by atoms with E-state index >= 15 is 0 Å². The van der Waals surface area contributed by atoms with Crippen molar-refractivity contribution >= 4 is 33.5 Å². The molecule has 0 unspecified atom stereocenters. The molecule has 0 N–H and O–H groups in total. The van der Waals surface area contributed by atoms with E-state index in [-0.39, 0.29) is 12.2 Å². The molecule has 0 heterocycles. The van der Waals surface area contributed by atoms with E-state index in [1.165, 1.54) is 28.4 Å². The highest BCUT2D eigenvalue weighted by atomic mass is 17.2. The second-order valence-corrected chi connectivity index (χ2v) is 9.30. The molecule has 0 aliphatic carbocycles. The Morgan fingerprint density at radius 2 is 1.21 bits per heavy atom. The van der Waals surface area contributed by atoms with E-state index in [0.717, 1.165) is 27.3 Å². The van der Waals surface area contributed by atoms with Crippen molar-refractivity contribution in [3.63, 3.8) is 0 Å². The Kier molecular flexibility index (Phi) is 11.1. The van der Waals surface area contributed by atoms with Crippen molar-refractivity contribution in [1.82, 2.24) is 0 Å². The summed E-state index contributed by atoms with van der Waals surface area (Å²) in [5.41, 5.74) is 2.49. The van der Waals surface area contributed by atoms with E-state index in [1.54, 1.807) is 30.3 Å². The van der Waals surface area contributed by atoms with Gasteiger partial charge in [0, 0.05) is 5.56 Å². The van der Waals surface area contributed by atoms with Gasteiger partial charge >= 0.3 is 11.9 Å². The van der Waals surface area contributed by atoms with Gasteiger partial charge in [-0.25, -0.2) is 29.1 Å². The van der Waals surface area contributed by atoms with E-state index < -0.39 is 11.9 Å². The van der Waals surface area contributed by atoms with Crippen LogP contribution in [0.25, 0.3) is 21.5 Å². The third kappa shape index (κ3) is 7.74. The molecule has 0 aliphatic rings. The number of hydrogen-bond acceptors (Lipinski definition) is 10. The molecule has 0 saturated carbocycles. The Labute approximate surface area is 243 Å². The average molecular weight is 579 g/mol. The summed E-state index contributed by atoms with van der Waals surface area (Å²) in [6, 6.07) is 18.5. The van der Waals surface area contributed by atoms with Crippen molar-refractivity contribution in [2.75, 3.05) is 41.7 Å². The molecule has 4 aromatic carbocycles. The molecule has 10 heteroatoms. The van der Waals surface area contributed by atoms with E-state index in [0.29, 0.717) is 55.1 Å². The highest BCUT2D eigenvalue weighted by molar-refractivity contribution is 6.01. The zero-order valence-electron chi connectivity index (χ0n) is 24.1. The number of fused-ring (bicyclic) bond motifs is 2. The first-order valence-electron chi connectivity index (χ1n) is 13.3. The van der Waals surface area contributed by atoms with Crippen molar-refractivity contribution in [3.8, 4) is 11.5 Å². The fourth-order valence-electron chi connectivity index (χ4n) is 4.44. The SMILES string of the molecule is COOCc1ccc2cc(OCCCCOc3cc4ccc(C(=O)OC)cc4cc3C(=O)OC)c(COOC)cc2c1. The van der Waals surface area contributed by atoms with Crippen LogP contribution in [0, 0.1) is 0 Å². The number of carbonyl (C=O) groups is 2. The minimum absolute atomic E-state index is 0.225. The van der Waals surface area contributed by atoms with Crippen LogP contribution in [-0.4, -0.2) is 53.6 Å². The van der Waals surface area contributed by atoms with Gasteiger partial charge in [-0.1, -0.05) is 18.2 Å². The number of ether oxygens (including phenoxy) is 4. The van der Waals surface area contributed by atoms with Gasteiger partial charge in [0.25, 0.3) is 0 Å². The van der Waals surface area contributed by atoms with Gasteiger partial charge in [-0.05, 0) is 82.4 Å². The first kappa shape index (κ1) is 30.7. The summed E-state index contributed by atoms with van der Waals surface area (Å²) >= 11 is 0. The summed E-state index contributed by atoms with van der Waals surface area (Å²) in [5.74, 6) is 0.127.